The summed E-state index contributed by atoms with van der Waals surface area (Å²) in [4.78, 5) is 0. The molecule has 0 fully saturated rings. The van der Waals surface area contributed by atoms with Crippen LogP contribution in [0.1, 0.15) is 31.9 Å². The Labute approximate surface area is 100 Å². The molecule has 1 unspecified atom stereocenters. The van der Waals surface area contributed by atoms with Gasteiger partial charge in [-0.15, -0.1) is 0 Å². The van der Waals surface area contributed by atoms with Crippen LogP contribution in [0.4, 0.5) is 13.2 Å². The van der Waals surface area contributed by atoms with Gasteiger partial charge in [0.15, 0.2) is 0 Å². The summed E-state index contributed by atoms with van der Waals surface area (Å²) < 4.78 is 37.5. The first-order valence-electron chi connectivity index (χ1n) is 5.71. The van der Waals surface area contributed by atoms with Gasteiger partial charge in [0.05, 0.1) is 5.56 Å². The van der Waals surface area contributed by atoms with E-state index >= 15 is 0 Å². The van der Waals surface area contributed by atoms with E-state index in [0.29, 0.717) is 18.0 Å². The molecule has 1 aromatic carbocycles. The van der Waals surface area contributed by atoms with E-state index < -0.39 is 11.7 Å². The molecule has 1 nitrogen and oxygen atoms in total. The van der Waals surface area contributed by atoms with Crippen LogP contribution in [0, 0.1) is 0 Å². The van der Waals surface area contributed by atoms with Gasteiger partial charge in [-0.1, -0.05) is 32.0 Å². The summed E-state index contributed by atoms with van der Waals surface area (Å²) in [7, 11) is 0. The van der Waals surface area contributed by atoms with Gasteiger partial charge in [-0.3, -0.25) is 0 Å². The van der Waals surface area contributed by atoms with Crippen LogP contribution in [-0.4, -0.2) is 12.1 Å². The maximum absolute atomic E-state index is 12.5. The van der Waals surface area contributed by atoms with Crippen LogP contribution in [-0.2, 0) is 12.6 Å². The van der Waals surface area contributed by atoms with Gasteiger partial charge < -0.3 is 5.32 Å². The van der Waals surface area contributed by atoms with Crippen molar-refractivity contribution in [1.82, 2.24) is 5.32 Å². The van der Waals surface area contributed by atoms with Crippen molar-refractivity contribution in [2.24, 2.45) is 0 Å². The Bertz CT molecular complexity index is 358. The lowest BCUT2D eigenvalue weighted by Crippen LogP contribution is -2.33. The molecule has 0 aliphatic carbocycles. The first-order chi connectivity index (χ1) is 7.79. The molecule has 1 N–H and O–H groups in total. The van der Waals surface area contributed by atoms with Crippen molar-refractivity contribution in [3.63, 3.8) is 0 Å². The Morgan fingerprint density at radius 2 is 1.82 bits per heavy atom. The van der Waals surface area contributed by atoms with Crippen molar-refractivity contribution in [3.05, 3.63) is 35.4 Å². The highest BCUT2D eigenvalue weighted by Crippen LogP contribution is 2.29. The van der Waals surface area contributed by atoms with Crippen LogP contribution >= 0.6 is 0 Å². The van der Waals surface area contributed by atoms with Crippen LogP contribution in [0.25, 0.3) is 0 Å². The summed E-state index contributed by atoms with van der Waals surface area (Å²) >= 11 is 0. The minimum atomic E-state index is -4.26. The summed E-state index contributed by atoms with van der Waals surface area (Å²) in [5.74, 6) is 0. The Morgan fingerprint density at radius 3 is 2.35 bits per heavy atom. The molecule has 0 aliphatic rings. The van der Waals surface area contributed by atoms with E-state index in [9.17, 15) is 13.2 Å². The first-order valence-corrected chi connectivity index (χ1v) is 5.71. The molecule has 0 heterocycles. The lowest BCUT2D eigenvalue weighted by molar-refractivity contribution is -0.137. The molecule has 0 aromatic heterocycles. The van der Waals surface area contributed by atoms with Gasteiger partial charge in [-0.2, -0.15) is 13.2 Å². The Hall–Kier alpha value is -1.03. The number of hydrogen-bond donors (Lipinski definition) is 1. The number of rotatable bonds is 4. The molecule has 96 valence electrons. The third kappa shape index (κ3) is 4.77. The molecule has 1 atom stereocenters. The third-order valence-corrected chi connectivity index (χ3v) is 2.41. The van der Waals surface area contributed by atoms with Crippen LogP contribution in [0.2, 0.25) is 0 Å². The molecule has 1 aromatic rings. The van der Waals surface area contributed by atoms with Crippen LogP contribution in [0.5, 0.6) is 0 Å². The second-order valence-corrected chi connectivity index (χ2v) is 4.62. The van der Waals surface area contributed by atoms with Gasteiger partial charge in [-0.25, -0.2) is 0 Å². The smallest absolute Gasteiger partial charge is 0.312 e. The Morgan fingerprint density at radius 1 is 1.18 bits per heavy atom. The predicted molar refractivity (Wildman–Crippen MR) is 62.9 cm³/mol. The zero-order valence-corrected chi connectivity index (χ0v) is 10.3. The Balaban J connectivity index is 2.72. The molecule has 0 saturated carbocycles. The maximum atomic E-state index is 12.5. The third-order valence-electron chi connectivity index (χ3n) is 2.41. The van der Waals surface area contributed by atoms with E-state index in [2.05, 4.69) is 5.32 Å². The molecule has 4 heteroatoms. The molecule has 0 spiro atoms. The average Bonchev–Trinajstić information content (AvgIpc) is 2.15. The van der Waals surface area contributed by atoms with Crippen LogP contribution < -0.4 is 5.32 Å². The van der Waals surface area contributed by atoms with Crippen molar-refractivity contribution in [1.29, 1.82) is 0 Å². The molecular formula is C13H18F3N. The van der Waals surface area contributed by atoms with E-state index in [0.717, 1.165) is 6.07 Å². The van der Waals surface area contributed by atoms with Gasteiger partial charge in [0.2, 0.25) is 0 Å². The van der Waals surface area contributed by atoms with E-state index in [4.69, 9.17) is 0 Å². The summed E-state index contributed by atoms with van der Waals surface area (Å²) in [6.45, 7) is 6.01. The predicted octanol–water partition coefficient (Wildman–Crippen LogP) is 3.63. The molecule has 17 heavy (non-hydrogen) atoms. The summed E-state index contributed by atoms with van der Waals surface area (Å²) in [6.07, 6.45) is -3.66. The molecule has 0 saturated heterocycles. The SMILES string of the molecule is CC(C)NC(C)Cc1cccc(C(F)(F)F)c1. The van der Waals surface area contributed by atoms with Crippen molar-refractivity contribution in [2.45, 2.75) is 45.5 Å². The number of hydrogen-bond acceptors (Lipinski definition) is 1. The Kier molecular flexibility index (Phi) is 4.57. The average molecular weight is 245 g/mol. The molecular weight excluding hydrogens is 227 g/mol. The second-order valence-electron chi connectivity index (χ2n) is 4.62. The highest BCUT2D eigenvalue weighted by atomic mass is 19.4. The number of halogens is 3. The second kappa shape index (κ2) is 5.54. The van der Waals surface area contributed by atoms with Crippen molar-refractivity contribution >= 4 is 0 Å². The fourth-order valence-corrected chi connectivity index (χ4v) is 1.86. The van der Waals surface area contributed by atoms with E-state index in [1.807, 2.05) is 20.8 Å². The molecule has 0 amide bonds. The molecule has 1 rings (SSSR count). The number of alkyl halides is 3. The highest BCUT2D eigenvalue weighted by Gasteiger charge is 2.30. The minimum Gasteiger partial charge on any atom is -0.312 e. The summed E-state index contributed by atoms with van der Waals surface area (Å²) in [5, 5.41) is 3.27. The van der Waals surface area contributed by atoms with E-state index in [1.165, 1.54) is 12.1 Å². The highest BCUT2D eigenvalue weighted by molar-refractivity contribution is 5.26. The fraction of sp³-hybridized carbons (Fsp3) is 0.538. The minimum absolute atomic E-state index is 0.165. The summed E-state index contributed by atoms with van der Waals surface area (Å²) in [5.41, 5.74) is 0.132. The molecule has 0 aliphatic heterocycles. The van der Waals surface area contributed by atoms with Gasteiger partial charge in [0, 0.05) is 12.1 Å². The topological polar surface area (TPSA) is 12.0 Å². The number of nitrogens with one attached hydrogen (secondary N) is 1. The monoisotopic (exact) mass is 245 g/mol. The van der Waals surface area contributed by atoms with Crippen molar-refractivity contribution in [3.8, 4) is 0 Å². The van der Waals surface area contributed by atoms with Gasteiger partial charge in [-0.05, 0) is 25.0 Å². The van der Waals surface area contributed by atoms with Crippen molar-refractivity contribution in [2.75, 3.05) is 0 Å². The quantitative estimate of drug-likeness (QED) is 0.854. The summed E-state index contributed by atoms with van der Waals surface area (Å²) in [6, 6.07) is 6.01. The van der Waals surface area contributed by atoms with E-state index in [-0.39, 0.29) is 6.04 Å². The molecule has 0 radical (unpaired) electrons. The lowest BCUT2D eigenvalue weighted by Gasteiger charge is -2.17. The maximum Gasteiger partial charge on any atom is 0.416 e. The van der Waals surface area contributed by atoms with Crippen LogP contribution in [0.3, 0.4) is 0 Å². The number of benzene rings is 1. The first kappa shape index (κ1) is 14.0. The zero-order chi connectivity index (χ0) is 13.1. The largest absolute Gasteiger partial charge is 0.416 e. The standard InChI is InChI=1S/C13H18F3N/c1-9(2)17-10(3)7-11-5-4-6-12(8-11)13(14,15)16/h4-6,8-10,17H,7H2,1-3H3. The zero-order valence-electron chi connectivity index (χ0n) is 10.3. The van der Waals surface area contributed by atoms with Crippen molar-refractivity contribution < 1.29 is 13.2 Å². The van der Waals surface area contributed by atoms with E-state index in [1.54, 1.807) is 6.07 Å². The fourth-order valence-electron chi connectivity index (χ4n) is 1.86. The van der Waals surface area contributed by atoms with Gasteiger partial charge in [0.1, 0.15) is 0 Å². The molecule has 0 bridgehead atoms. The lowest BCUT2D eigenvalue weighted by atomic mass is 10.0. The normalized spacial score (nSPS) is 14.1. The van der Waals surface area contributed by atoms with Crippen LogP contribution in [0.15, 0.2) is 24.3 Å². The van der Waals surface area contributed by atoms with Gasteiger partial charge >= 0.3 is 6.18 Å². The van der Waals surface area contributed by atoms with Gasteiger partial charge in [0.25, 0.3) is 0 Å².